The van der Waals surface area contributed by atoms with Gasteiger partial charge >= 0.3 is 0 Å². The van der Waals surface area contributed by atoms with Crippen LogP contribution in [-0.2, 0) is 4.79 Å². The Bertz CT molecular complexity index is 1040. The Balaban J connectivity index is 1.26. The van der Waals surface area contributed by atoms with Crippen molar-refractivity contribution in [3.63, 3.8) is 0 Å². The minimum absolute atomic E-state index is 0.100. The zero-order valence-corrected chi connectivity index (χ0v) is 16.3. The number of carbonyl (C=O) groups excluding carboxylic acids is 2. The van der Waals surface area contributed by atoms with E-state index in [1.165, 1.54) is 6.08 Å². The largest absolute Gasteiger partial charge is 0.380 e. The molecule has 2 amide bonds. The summed E-state index contributed by atoms with van der Waals surface area (Å²) in [7, 11) is 0. The summed E-state index contributed by atoms with van der Waals surface area (Å²) >= 11 is 0. The monoisotopic (exact) mass is 408 g/mol. The number of piperazine rings is 1. The Morgan fingerprint density at radius 3 is 2.27 bits per heavy atom. The van der Waals surface area contributed by atoms with E-state index in [1.807, 2.05) is 0 Å². The predicted molar refractivity (Wildman–Crippen MR) is 107 cm³/mol. The summed E-state index contributed by atoms with van der Waals surface area (Å²) < 4.78 is 13.9. The summed E-state index contributed by atoms with van der Waals surface area (Å²) in [5.41, 5.74) is 1.85. The molecule has 0 aromatic heterocycles. The fourth-order valence-electron chi connectivity index (χ4n) is 4.00. The highest BCUT2D eigenvalue weighted by atomic mass is 19.1. The Kier molecular flexibility index (Phi) is 4.39. The molecule has 2 aliphatic carbocycles. The number of hydrogen-bond donors (Lipinski definition) is 1. The van der Waals surface area contributed by atoms with E-state index < -0.39 is 5.60 Å². The molecular weight excluding hydrogens is 387 g/mol. The molecule has 1 aromatic carbocycles. The van der Waals surface area contributed by atoms with Crippen LogP contribution in [0.4, 0.5) is 4.39 Å². The lowest BCUT2D eigenvalue weighted by Gasteiger charge is -2.35. The van der Waals surface area contributed by atoms with Gasteiger partial charge in [-0.3, -0.25) is 9.59 Å². The maximum absolute atomic E-state index is 13.9. The molecule has 0 radical (unpaired) electrons. The van der Waals surface area contributed by atoms with Crippen LogP contribution in [0.15, 0.2) is 63.7 Å². The van der Waals surface area contributed by atoms with Gasteiger partial charge in [0.25, 0.3) is 11.8 Å². The fourth-order valence-corrected chi connectivity index (χ4v) is 4.00. The summed E-state index contributed by atoms with van der Waals surface area (Å²) in [6, 6.07) is 7.08. The molecule has 2 fully saturated rings. The van der Waals surface area contributed by atoms with E-state index in [0.29, 0.717) is 56.7 Å². The van der Waals surface area contributed by atoms with Crippen LogP contribution in [0.3, 0.4) is 0 Å². The minimum atomic E-state index is -1.17. The molecule has 1 saturated carbocycles. The zero-order valence-electron chi connectivity index (χ0n) is 16.3. The number of hydrogen-bond acceptors (Lipinski definition) is 5. The third-order valence-corrected chi connectivity index (χ3v) is 6.02. The normalized spacial score (nSPS) is 21.9. The van der Waals surface area contributed by atoms with Gasteiger partial charge in [0.15, 0.2) is 5.83 Å². The van der Waals surface area contributed by atoms with Gasteiger partial charge in [-0.2, -0.15) is 0 Å². The molecule has 2 aliphatic heterocycles. The molecule has 30 heavy (non-hydrogen) atoms. The van der Waals surface area contributed by atoms with E-state index in [0.717, 1.165) is 11.1 Å². The fraction of sp³-hybridized carbons (Fsp3) is 0.364. The standard InChI is InChI=1S/C22H21FN4O3/c23-17-3-1-2-16-18(24-25-19(16)17)14-4-6-15(7-5-14)20(28)26-10-12-27(13-11-26)21(29)22(30)8-9-22/h1,3-7,30H,2,8-13H2. The molecule has 1 saturated heterocycles. The molecular formula is C22H21FN4O3. The molecule has 2 heterocycles. The second-order valence-electron chi connectivity index (χ2n) is 8.02. The first-order valence-corrected chi connectivity index (χ1v) is 10.1. The molecule has 0 unspecified atom stereocenters. The topological polar surface area (TPSA) is 85.6 Å². The number of rotatable bonds is 3. The highest BCUT2D eigenvalue weighted by Gasteiger charge is 2.50. The van der Waals surface area contributed by atoms with Crippen LogP contribution in [0.25, 0.3) is 5.70 Å². The van der Waals surface area contributed by atoms with Gasteiger partial charge in [-0.1, -0.05) is 18.2 Å². The van der Waals surface area contributed by atoms with Crippen molar-refractivity contribution in [3.8, 4) is 0 Å². The molecule has 0 bridgehead atoms. The summed E-state index contributed by atoms with van der Waals surface area (Å²) in [6.07, 6.45) is 4.77. The van der Waals surface area contributed by atoms with Crippen molar-refractivity contribution in [3.05, 3.63) is 64.6 Å². The number of benzene rings is 1. The Hall–Kier alpha value is -3.13. The van der Waals surface area contributed by atoms with Crippen LogP contribution >= 0.6 is 0 Å². The summed E-state index contributed by atoms with van der Waals surface area (Å²) in [5, 5.41) is 18.1. The van der Waals surface area contributed by atoms with E-state index in [2.05, 4.69) is 10.2 Å². The van der Waals surface area contributed by atoms with Crippen molar-refractivity contribution in [2.24, 2.45) is 10.2 Å². The zero-order chi connectivity index (χ0) is 20.9. The van der Waals surface area contributed by atoms with E-state index in [-0.39, 0.29) is 23.3 Å². The molecule has 0 atom stereocenters. The number of carbonyl (C=O) groups is 2. The second-order valence-corrected chi connectivity index (χ2v) is 8.02. The van der Waals surface area contributed by atoms with Crippen LogP contribution in [0.5, 0.6) is 0 Å². The van der Waals surface area contributed by atoms with Gasteiger partial charge in [-0.25, -0.2) is 4.39 Å². The lowest BCUT2D eigenvalue weighted by atomic mass is 9.98. The maximum atomic E-state index is 13.9. The molecule has 1 N–H and O–H groups in total. The maximum Gasteiger partial charge on any atom is 0.254 e. The number of allylic oxidation sites excluding steroid dienone is 4. The van der Waals surface area contributed by atoms with Gasteiger partial charge in [0.05, 0.1) is 5.70 Å². The number of amides is 2. The van der Waals surface area contributed by atoms with E-state index in [1.54, 1.807) is 40.1 Å². The predicted octanol–water partition coefficient (Wildman–Crippen LogP) is 2.81. The van der Waals surface area contributed by atoms with Crippen LogP contribution < -0.4 is 0 Å². The van der Waals surface area contributed by atoms with E-state index >= 15 is 0 Å². The van der Waals surface area contributed by atoms with E-state index in [9.17, 15) is 19.1 Å². The molecule has 5 rings (SSSR count). The average molecular weight is 408 g/mol. The highest BCUT2D eigenvalue weighted by molar-refractivity contribution is 5.95. The molecule has 0 spiro atoms. The first kappa shape index (κ1) is 18.9. The van der Waals surface area contributed by atoms with Crippen molar-refractivity contribution < 1.29 is 19.1 Å². The molecule has 8 heteroatoms. The lowest BCUT2D eigenvalue weighted by molar-refractivity contribution is -0.143. The van der Waals surface area contributed by atoms with Crippen LogP contribution in [0, 0.1) is 0 Å². The minimum Gasteiger partial charge on any atom is -0.380 e. The SMILES string of the molecule is O=C(c1ccc(C2=C3CC=CC(F)=C3N=N2)cc1)N1CCN(C(=O)C2(O)CC2)CC1. The van der Waals surface area contributed by atoms with Crippen molar-refractivity contribution in [1.29, 1.82) is 0 Å². The van der Waals surface area contributed by atoms with Crippen LogP contribution in [0.1, 0.15) is 35.2 Å². The summed E-state index contributed by atoms with van der Waals surface area (Å²) in [4.78, 5) is 28.4. The quantitative estimate of drug-likeness (QED) is 0.835. The van der Waals surface area contributed by atoms with Gasteiger partial charge in [0.2, 0.25) is 0 Å². The highest BCUT2D eigenvalue weighted by Crippen LogP contribution is 2.39. The number of halogens is 1. The van der Waals surface area contributed by atoms with Crippen molar-refractivity contribution in [2.45, 2.75) is 24.9 Å². The smallest absolute Gasteiger partial charge is 0.254 e. The lowest BCUT2D eigenvalue weighted by Crippen LogP contribution is -2.53. The number of nitrogens with zero attached hydrogens (tertiary/aromatic N) is 4. The van der Waals surface area contributed by atoms with Gasteiger partial charge in [0, 0.05) is 42.9 Å². The number of azo groups is 1. The summed E-state index contributed by atoms with van der Waals surface area (Å²) in [6.45, 7) is 1.73. The van der Waals surface area contributed by atoms with E-state index in [4.69, 9.17) is 0 Å². The van der Waals surface area contributed by atoms with Crippen molar-refractivity contribution in [1.82, 2.24) is 9.80 Å². The molecule has 7 nitrogen and oxygen atoms in total. The number of aliphatic hydroxyl groups is 1. The Morgan fingerprint density at radius 1 is 0.967 bits per heavy atom. The van der Waals surface area contributed by atoms with Crippen LogP contribution in [-0.4, -0.2) is 58.5 Å². The van der Waals surface area contributed by atoms with Gasteiger partial charge < -0.3 is 14.9 Å². The first-order valence-electron chi connectivity index (χ1n) is 10.1. The first-order chi connectivity index (χ1) is 14.5. The third kappa shape index (κ3) is 3.17. The summed E-state index contributed by atoms with van der Waals surface area (Å²) in [5.74, 6) is -0.702. The van der Waals surface area contributed by atoms with Gasteiger partial charge in [-0.15, -0.1) is 10.2 Å². The van der Waals surface area contributed by atoms with Gasteiger partial charge in [0.1, 0.15) is 11.3 Å². The molecule has 154 valence electrons. The van der Waals surface area contributed by atoms with Crippen molar-refractivity contribution in [2.75, 3.05) is 26.2 Å². The third-order valence-electron chi connectivity index (χ3n) is 6.02. The second kappa shape index (κ2) is 6.98. The van der Waals surface area contributed by atoms with Crippen LogP contribution in [0.2, 0.25) is 0 Å². The molecule has 1 aromatic rings. The van der Waals surface area contributed by atoms with Gasteiger partial charge in [-0.05, 0) is 37.5 Å². The Labute approximate surface area is 172 Å². The number of fused-ring (bicyclic) bond motifs is 1. The van der Waals surface area contributed by atoms with Crippen molar-refractivity contribution >= 4 is 17.5 Å². The Morgan fingerprint density at radius 2 is 1.60 bits per heavy atom. The molecule has 4 aliphatic rings. The average Bonchev–Trinajstić information content (AvgIpc) is 3.38.